The van der Waals surface area contributed by atoms with E-state index < -0.39 is 0 Å². The quantitative estimate of drug-likeness (QED) is 0.906. The number of hydrazine groups is 1. The van der Waals surface area contributed by atoms with E-state index in [1.807, 2.05) is 42.3 Å². The molecule has 110 valence electrons. The van der Waals surface area contributed by atoms with Crippen LogP contribution in [0.2, 0.25) is 0 Å². The SMILES string of the molecule is Cc1cc(C(=O)NN2CCN(C)CC2)c2ccccc2n1. The van der Waals surface area contributed by atoms with Crippen LogP contribution < -0.4 is 5.43 Å². The Balaban J connectivity index is 1.84. The van der Waals surface area contributed by atoms with E-state index in [1.165, 1.54) is 0 Å². The number of para-hydroxylation sites is 1. The predicted octanol–water partition coefficient (Wildman–Crippen LogP) is 1.44. The molecule has 0 unspecified atom stereocenters. The molecule has 1 aromatic carbocycles. The van der Waals surface area contributed by atoms with E-state index >= 15 is 0 Å². The molecule has 21 heavy (non-hydrogen) atoms. The third-order valence-corrected chi connectivity index (χ3v) is 3.85. The Morgan fingerprint density at radius 2 is 1.90 bits per heavy atom. The lowest BCUT2D eigenvalue weighted by atomic mass is 10.1. The summed E-state index contributed by atoms with van der Waals surface area (Å²) in [6.07, 6.45) is 0. The second-order valence-corrected chi connectivity index (χ2v) is 5.56. The number of rotatable bonds is 2. The molecule has 0 spiro atoms. The van der Waals surface area contributed by atoms with Crippen molar-refractivity contribution in [2.45, 2.75) is 6.92 Å². The first kappa shape index (κ1) is 14.0. The number of aryl methyl sites for hydroxylation is 1. The van der Waals surface area contributed by atoms with Crippen molar-refractivity contribution in [1.29, 1.82) is 0 Å². The van der Waals surface area contributed by atoms with Crippen molar-refractivity contribution in [3.05, 3.63) is 41.6 Å². The first-order valence-electron chi connectivity index (χ1n) is 7.24. The van der Waals surface area contributed by atoms with Gasteiger partial charge in [-0.1, -0.05) is 18.2 Å². The van der Waals surface area contributed by atoms with Gasteiger partial charge < -0.3 is 4.90 Å². The maximum atomic E-state index is 12.6. The standard InChI is InChI=1S/C16H20N4O/c1-12-11-14(13-5-3-4-6-15(13)17-12)16(21)18-20-9-7-19(2)8-10-20/h3-6,11H,7-10H2,1-2H3,(H,18,21). The minimum Gasteiger partial charge on any atom is -0.304 e. The van der Waals surface area contributed by atoms with E-state index in [2.05, 4.69) is 22.4 Å². The molecule has 5 heteroatoms. The molecule has 0 bridgehead atoms. The molecular formula is C16H20N4O. The topological polar surface area (TPSA) is 48.5 Å². The summed E-state index contributed by atoms with van der Waals surface area (Å²) in [5, 5.41) is 2.89. The van der Waals surface area contributed by atoms with Gasteiger partial charge in [0.15, 0.2) is 0 Å². The number of amides is 1. The number of carbonyl (C=O) groups is 1. The fourth-order valence-electron chi connectivity index (χ4n) is 2.62. The highest BCUT2D eigenvalue weighted by Gasteiger charge is 2.18. The largest absolute Gasteiger partial charge is 0.304 e. The second-order valence-electron chi connectivity index (χ2n) is 5.56. The van der Waals surface area contributed by atoms with E-state index in [4.69, 9.17) is 0 Å². The second kappa shape index (κ2) is 5.79. The van der Waals surface area contributed by atoms with Crippen LogP contribution in [0.1, 0.15) is 16.1 Å². The summed E-state index contributed by atoms with van der Waals surface area (Å²) >= 11 is 0. The fraction of sp³-hybridized carbons (Fsp3) is 0.375. The van der Waals surface area contributed by atoms with Gasteiger partial charge in [-0.25, -0.2) is 5.01 Å². The zero-order valence-electron chi connectivity index (χ0n) is 12.5. The summed E-state index contributed by atoms with van der Waals surface area (Å²) in [6, 6.07) is 9.62. The van der Waals surface area contributed by atoms with Crippen LogP contribution >= 0.6 is 0 Å². The number of hydrogen-bond acceptors (Lipinski definition) is 4. The number of likely N-dealkylation sites (N-methyl/N-ethyl adjacent to an activating group) is 1. The van der Waals surface area contributed by atoms with Crippen molar-refractivity contribution in [1.82, 2.24) is 20.3 Å². The van der Waals surface area contributed by atoms with Crippen LogP contribution in [-0.2, 0) is 0 Å². The first-order chi connectivity index (χ1) is 10.1. The van der Waals surface area contributed by atoms with Gasteiger partial charge >= 0.3 is 0 Å². The lowest BCUT2D eigenvalue weighted by Crippen LogP contribution is -2.52. The third-order valence-electron chi connectivity index (χ3n) is 3.85. The highest BCUT2D eigenvalue weighted by Crippen LogP contribution is 2.18. The minimum absolute atomic E-state index is 0.0544. The number of hydrogen-bond donors (Lipinski definition) is 1. The summed E-state index contributed by atoms with van der Waals surface area (Å²) in [5.74, 6) is -0.0544. The van der Waals surface area contributed by atoms with Crippen LogP contribution in [0.25, 0.3) is 10.9 Å². The Hall–Kier alpha value is -1.98. The first-order valence-corrected chi connectivity index (χ1v) is 7.24. The maximum absolute atomic E-state index is 12.6. The van der Waals surface area contributed by atoms with Gasteiger partial charge in [0.1, 0.15) is 0 Å². The van der Waals surface area contributed by atoms with Crippen molar-refractivity contribution >= 4 is 16.8 Å². The normalized spacial score (nSPS) is 17.0. The average Bonchev–Trinajstić information content (AvgIpc) is 2.48. The molecule has 0 atom stereocenters. The van der Waals surface area contributed by atoms with Crippen LogP contribution in [0.5, 0.6) is 0 Å². The van der Waals surface area contributed by atoms with E-state index in [-0.39, 0.29) is 5.91 Å². The van der Waals surface area contributed by atoms with Gasteiger partial charge in [0.05, 0.1) is 11.1 Å². The molecule has 5 nitrogen and oxygen atoms in total. The van der Waals surface area contributed by atoms with Crippen LogP contribution in [0.3, 0.4) is 0 Å². The monoisotopic (exact) mass is 284 g/mol. The van der Waals surface area contributed by atoms with Gasteiger partial charge in [0.2, 0.25) is 0 Å². The molecule has 1 amide bonds. The zero-order chi connectivity index (χ0) is 14.8. The number of nitrogens with zero attached hydrogens (tertiary/aromatic N) is 3. The number of piperazine rings is 1. The minimum atomic E-state index is -0.0544. The molecule has 2 aromatic rings. The molecule has 1 aromatic heterocycles. The van der Waals surface area contributed by atoms with Crippen LogP contribution in [-0.4, -0.2) is 54.0 Å². The molecule has 1 N–H and O–H groups in total. The highest BCUT2D eigenvalue weighted by atomic mass is 16.2. The molecule has 1 aliphatic heterocycles. The van der Waals surface area contributed by atoms with Crippen molar-refractivity contribution in [3.8, 4) is 0 Å². The summed E-state index contributed by atoms with van der Waals surface area (Å²) < 4.78 is 0. The molecule has 2 heterocycles. The fourth-order valence-corrected chi connectivity index (χ4v) is 2.62. The number of nitrogens with one attached hydrogen (secondary N) is 1. The maximum Gasteiger partial charge on any atom is 0.266 e. The molecule has 0 aliphatic carbocycles. The molecule has 0 radical (unpaired) electrons. The van der Waals surface area contributed by atoms with E-state index in [9.17, 15) is 4.79 Å². The van der Waals surface area contributed by atoms with E-state index in [1.54, 1.807) is 0 Å². The molecule has 3 rings (SSSR count). The molecular weight excluding hydrogens is 264 g/mol. The van der Waals surface area contributed by atoms with E-state index in [0.717, 1.165) is 42.8 Å². The Morgan fingerprint density at radius 3 is 2.67 bits per heavy atom. The zero-order valence-corrected chi connectivity index (χ0v) is 12.5. The van der Waals surface area contributed by atoms with Crippen molar-refractivity contribution in [2.24, 2.45) is 0 Å². The number of benzene rings is 1. The van der Waals surface area contributed by atoms with Gasteiger partial charge in [-0.2, -0.15) is 0 Å². The summed E-state index contributed by atoms with van der Waals surface area (Å²) in [5.41, 5.74) is 5.43. The van der Waals surface area contributed by atoms with E-state index in [0.29, 0.717) is 5.56 Å². The molecule has 0 saturated carbocycles. The molecule has 1 saturated heterocycles. The van der Waals surface area contributed by atoms with Crippen molar-refractivity contribution in [2.75, 3.05) is 33.2 Å². The van der Waals surface area contributed by atoms with Gasteiger partial charge in [-0.15, -0.1) is 0 Å². The molecule has 1 fully saturated rings. The Bertz CT molecular complexity index is 662. The Labute approximate surface area is 124 Å². The highest BCUT2D eigenvalue weighted by molar-refractivity contribution is 6.06. The number of pyridine rings is 1. The Morgan fingerprint density at radius 1 is 1.19 bits per heavy atom. The predicted molar refractivity (Wildman–Crippen MR) is 83.0 cm³/mol. The molecule has 1 aliphatic rings. The van der Waals surface area contributed by atoms with Crippen molar-refractivity contribution < 1.29 is 4.79 Å². The summed E-state index contributed by atoms with van der Waals surface area (Å²) in [6.45, 7) is 5.56. The summed E-state index contributed by atoms with van der Waals surface area (Å²) in [7, 11) is 2.10. The van der Waals surface area contributed by atoms with Crippen molar-refractivity contribution in [3.63, 3.8) is 0 Å². The van der Waals surface area contributed by atoms with Gasteiger partial charge in [0.25, 0.3) is 5.91 Å². The third kappa shape index (κ3) is 3.04. The number of fused-ring (bicyclic) bond motifs is 1. The number of aromatic nitrogens is 1. The van der Waals surface area contributed by atoms with Gasteiger partial charge in [-0.05, 0) is 26.1 Å². The van der Waals surface area contributed by atoms with Gasteiger partial charge in [0, 0.05) is 37.3 Å². The van der Waals surface area contributed by atoms with Crippen LogP contribution in [0.4, 0.5) is 0 Å². The van der Waals surface area contributed by atoms with Gasteiger partial charge in [-0.3, -0.25) is 15.2 Å². The summed E-state index contributed by atoms with van der Waals surface area (Å²) in [4.78, 5) is 19.3. The Kier molecular flexibility index (Phi) is 3.86. The van der Waals surface area contributed by atoms with Crippen LogP contribution in [0, 0.1) is 6.92 Å². The van der Waals surface area contributed by atoms with Crippen LogP contribution in [0.15, 0.2) is 30.3 Å². The average molecular weight is 284 g/mol. The lowest BCUT2D eigenvalue weighted by molar-refractivity contribution is 0.0664. The smallest absolute Gasteiger partial charge is 0.266 e. The lowest BCUT2D eigenvalue weighted by Gasteiger charge is -2.32. The number of carbonyl (C=O) groups excluding carboxylic acids is 1.